The second-order valence-corrected chi connectivity index (χ2v) is 3.78. The average molecular weight is 343 g/mol. The summed E-state index contributed by atoms with van der Waals surface area (Å²) in [5.74, 6) is 0. The molecule has 0 bridgehead atoms. The van der Waals surface area contributed by atoms with E-state index in [0.29, 0.717) is 21.7 Å². The molecule has 62 valence electrons. The Hall–Kier alpha value is 1.73. The summed E-state index contributed by atoms with van der Waals surface area (Å²) in [5.41, 5.74) is 0. The molecule has 0 aliphatic carbocycles. The molecule has 0 rings (SSSR count). The van der Waals surface area contributed by atoms with Crippen LogP contribution >= 0.6 is 49.7 Å². The monoisotopic (exact) mass is 340 g/mol. The molecule has 0 atom stereocenters. The van der Waals surface area contributed by atoms with Crippen molar-refractivity contribution in [1.29, 1.82) is 0 Å². The van der Waals surface area contributed by atoms with E-state index in [4.69, 9.17) is 0 Å². The van der Waals surface area contributed by atoms with Crippen LogP contribution in [0.25, 0.3) is 0 Å². The van der Waals surface area contributed by atoms with Crippen LogP contribution in [-0.4, -0.2) is 21.7 Å². The van der Waals surface area contributed by atoms with Crippen LogP contribution < -0.4 is 10.6 Å². The van der Waals surface area contributed by atoms with E-state index in [1.54, 1.807) is 0 Å². The summed E-state index contributed by atoms with van der Waals surface area (Å²) in [6, 6.07) is 0. The zero-order chi connectivity index (χ0) is 7.98. The Bertz CT molecular complexity index is 127. The SMILES string of the molecule is S=C(S)NCCNC(=S)S.[Zn].[Zn]. The Balaban J connectivity index is -0.000000405. The molecule has 0 unspecified atom stereocenters. The Morgan fingerprint density at radius 1 is 0.917 bits per heavy atom. The van der Waals surface area contributed by atoms with Crippen LogP contribution in [0.2, 0.25) is 0 Å². The van der Waals surface area contributed by atoms with Gasteiger partial charge in [0.1, 0.15) is 8.64 Å². The molecule has 0 aromatic carbocycles. The number of hydrogen-bond acceptors (Lipinski definition) is 2. The van der Waals surface area contributed by atoms with Crippen molar-refractivity contribution in [3.8, 4) is 0 Å². The first-order valence-electron chi connectivity index (χ1n) is 2.56. The van der Waals surface area contributed by atoms with Crippen LogP contribution in [0.1, 0.15) is 0 Å². The van der Waals surface area contributed by atoms with Crippen LogP contribution in [0, 0.1) is 0 Å². The molecule has 0 heterocycles. The fourth-order valence-corrected chi connectivity index (χ4v) is 0.767. The van der Waals surface area contributed by atoms with Crippen molar-refractivity contribution in [2.75, 3.05) is 13.1 Å². The Morgan fingerprint density at radius 2 is 1.17 bits per heavy atom. The second-order valence-electron chi connectivity index (χ2n) is 1.46. The second kappa shape index (κ2) is 12.7. The molecule has 2 N–H and O–H groups in total. The van der Waals surface area contributed by atoms with Gasteiger partial charge in [0.25, 0.3) is 0 Å². The molecule has 0 spiro atoms. The molecule has 0 fully saturated rings. The third-order valence-corrected chi connectivity index (χ3v) is 1.28. The zero-order valence-corrected chi connectivity index (χ0v) is 15.9. The average Bonchev–Trinajstić information content (AvgIpc) is 1.79. The van der Waals surface area contributed by atoms with Gasteiger partial charge in [0.2, 0.25) is 0 Å². The molecular formula is C4H8N2S4Zn2. The Morgan fingerprint density at radius 3 is 1.33 bits per heavy atom. The summed E-state index contributed by atoms with van der Waals surface area (Å²) < 4.78 is 0.985. The van der Waals surface area contributed by atoms with E-state index in [0.717, 1.165) is 0 Å². The van der Waals surface area contributed by atoms with Gasteiger partial charge in [0.05, 0.1) is 0 Å². The summed E-state index contributed by atoms with van der Waals surface area (Å²) in [7, 11) is 0. The number of rotatable bonds is 3. The van der Waals surface area contributed by atoms with Gasteiger partial charge in [-0.05, 0) is 0 Å². The van der Waals surface area contributed by atoms with Crippen molar-refractivity contribution in [1.82, 2.24) is 10.6 Å². The van der Waals surface area contributed by atoms with Gasteiger partial charge in [-0.3, -0.25) is 0 Å². The van der Waals surface area contributed by atoms with Crippen LogP contribution in [0.3, 0.4) is 0 Å². The summed E-state index contributed by atoms with van der Waals surface area (Å²) in [6.07, 6.45) is 0. The normalized spacial score (nSPS) is 7.17. The molecular weight excluding hydrogens is 335 g/mol. The maximum absolute atomic E-state index is 4.65. The largest absolute Gasteiger partial charge is 0.369 e. The predicted octanol–water partition coefficient (Wildman–Crippen LogP) is 0.590. The van der Waals surface area contributed by atoms with Gasteiger partial charge < -0.3 is 10.6 Å². The summed E-state index contributed by atoms with van der Waals surface area (Å²) >= 11 is 17.0. The Kier molecular flexibility index (Phi) is 20.5. The van der Waals surface area contributed by atoms with Gasteiger partial charge in [0.15, 0.2) is 0 Å². The molecule has 2 nitrogen and oxygen atoms in total. The van der Waals surface area contributed by atoms with E-state index in [1.165, 1.54) is 0 Å². The number of thiocarbonyl (C=S) groups is 2. The molecule has 0 saturated heterocycles. The number of nitrogens with one attached hydrogen (secondary N) is 2. The minimum absolute atomic E-state index is 0. The summed E-state index contributed by atoms with van der Waals surface area (Å²) in [4.78, 5) is 0. The molecule has 0 aliphatic heterocycles. The van der Waals surface area contributed by atoms with Gasteiger partial charge in [-0.25, -0.2) is 0 Å². The van der Waals surface area contributed by atoms with E-state index in [1.807, 2.05) is 0 Å². The maximum atomic E-state index is 4.65. The number of hydrogen-bond donors (Lipinski definition) is 4. The first-order chi connectivity index (χ1) is 4.63. The van der Waals surface area contributed by atoms with Gasteiger partial charge >= 0.3 is 0 Å². The summed E-state index contributed by atoms with van der Waals surface area (Å²) in [6.45, 7) is 1.42. The van der Waals surface area contributed by atoms with E-state index in [9.17, 15) is 0 Å². The van der Waals surface area contributed by atoms with E-state index in [-0.39, 0.29) is 39.0 Å². The van der Waals surface area contributed by atoms with Crippen molar-refractivity contribution in [3.63, 3.8) is 0 Å². The molecule has 0 aliphatic rings. The Labute approximate surface area is 120 Å². The van der Waals surface area contributed by atoms with E-state index < -0.39 is 0 Å². The molecule has 8 heteroatoms. The quantitative estimate of drug-likeness (QED) is 0.261. The van der Waals surface area contributed by atoms with Gasteiger partial charge in [-0.2, -0.15) is 0 Å². The van der Waals surface area contributed by atoms with Crippen molar-refractivity contribution in [2.45, 2.75) is 0 Å². The smallest absolute Gasteiger partial charge is 0.130 e. The molecule has 0 amide bonds. The van der Waals surface area contributed by atoms with Gasteiger partial charge in [0, 0.05) is 52.0 Å². The minimum atomic E-state index is 0. The molecule has 0 saturated carbocycles. The van der Waals surface area contributed by atoms with Crippen LogP contribution in [0.15, 0.2) is 0 Å². The van der Waals surface area contributed by atoms with Gasteiger partial charge in [-0.15, -0.1) is 25.3 Å². The number of thiol groups is 2. The van der Waals surface area contributed by atoms with Crippen molar-refractivity contribution in [2.24, 2.45) is 0 Å². The molecule has 12 heavy (non-hydrogen) atoms. The van der Waals surface area contributed by atoms with Crippen LogP contribution in [0.5, 0.6) is 0 Å². The van der Waals surface area contributed by atoms with Gasteiger partial charge in [-0.1, -0.05) is 24.4 Å². The van der Waals surface area contributed by atoms with Crippen molar-refractivity contribution in [3.05, 3.63) is 0 Å². The fourth-order valence-electron chi connectivity index (χ4n) is 0.339. The first kappa shape index (κ1) is 19.3. The van der Waals surface area contributed by atoms with E-state index >= 15 is 0 Å². The summed E-state index contributed by atoms with van der Waals surface area (Å²) in [5, 5.41) is 5.68. The van der Waals surface area contributed by atoms with Crippen molar-refractivity contribution >= 4 is 58.3 Å². The predicted molar refractivity (Wildman–Crippen MR) is 59.2 cm³/mol. The van der Waals surface area contributed by atoms with Crippen LogP contribution in [0.4, 0.5) is 0 Å². The molecule has 0 radical (unpaired) electrons. The molecule has 0 aromatic heterocycles. The van der Waals surface area contributed by atoms with E-state index in [2.05, 4.69) is 60.3 Å². The maximum Gasteiger partial charge on any atom is 0.130 e. The van der Waals surface area contributed by atoms with Crippen LogP contribution in [-0.2, 0) is 39.0 Å². The molecule has 0 aromatic rings. The van der Waals surface area contributed by atoms with Crippen molar-refractivity contribution < 1.29 is 39.0 Å². The minimum Gasteiger partial charge on any atom is -0.369 e. The first-order valence-corrected chi connectivity index (χ1v) is 4.27. The third kappa shape index (κ3) is 17.7. The topological polar surface area (TPSA) is 24.1 Å². The third-order valence-electron chi connectivity index (χ3n) is 0.677. The fraction of sp³-hybridized carbons (Fsp3) is 0.500. The zero-order valence-electron chi connectivity index (χ0n) is 6.54. The standard InChI is InChI=1S/C4H8N2S4.2Zn/c7-3(8)5-1-2-6-4(9)10;;/h1-2H2,(H2,5,7,8)(H2,6,9,10);;.